The van der Waals surface area contributed by atoms with Gasteiger partial charge in [0.15, 0.2) is 0 Å². The number of hydrogen-bond donors (Lipinski definition) is 2. The molecule has 0 aliphatic heterocycles. The molecule has 7 nitrogen and oxygen atoms in total. The number of hydrogen-bond acceptors (Lipinski definition) is 4. The Labute approximate surface area is 194 Å². The quantitative estimate of drug-likeness (QED) is 0.565. The van der Waals surface area contributed by atoms with E-state index in [4.69, 9.17) is 9.84 Å². The molecule has 1 atom stereocenters. The van der Waals surface area contributed by atoms with E-state index in [0.29, 0.717) is 13.0 Å². The second-order valence-corrected chi connectivity index (χ2v) is 8.95. The van der Waals surface area contributed by atoms with Crippen molar-refractivity contribution in [2.24, 2.45) is 11.8 Å². The van der Waals surface area contributed by atoms with Gasteiger partial charge in [0.1, 0.15) is 13.2 Å². The number of carbonyl (C=O) groups excluding carboxylic acids is 2. The molecule has 7 heteroatoms. The van der Waals surface area contributed by atoms with E-state index in [2.05, 4.69) is 29.6 Å². The van der Waals surface area contributed by atoms with Gasteiger partial charge in [-0.1, -0.05) is 69.3 Å². The number of nitrogens with zero attached hydrogens (tertiary/aromatic N) is 1. The van der Waals surface area contributed by atoms with Crippen molar-refractivity contribution in [2.75, 3.05) is 26.2 Å². The van der Waals surface area contributed by atoms with Crippen LogP contribution >= 0.6 is 0 Å². The molecule has 33 heavy (non-hydrogen) atoms. The van der Waals surface area contributed by atoms with Gasteiger partial charge in [0.25, 0.3) is 0 Å². The highest BCUT2D eigenvalue weighted by atomic mass is 16.5. The molecule has 3 rings (SSSR count). The predicted octanol–water partition coefficient (Wildman–Crippen LogP) is 4.12. The largest absolute Gasteiger partial charge is 0.480 e. The Morgan fingerprint density at radius 2 is 1.58 bits per heavy atom. The Balaban J connectivity index is 1.49. The van der Waals surface area contributed by atoms with Gasteiger partial charge in [0.2, 0.25) is 5.91 Å². The number of aliphatic carboxylic acids is 1. The molecule has 2 N–H and O–H groups in total. The van der Waals surface area contributed by atoms with Gasteiger partial charge in [-0.25, -0.2) is 4.79 Å². The van der Waals surface area contributed by atoms with Gasteiger partial charge in [-0.3, -0.25) is 9.59 Å². The van der Waals surface area contributed by atoms with Crippen molar-refractivity contribution in [3.8, 4) is 11.1 Å². The van der Waals surface area contributed by atoms with E-state index in [0.717, 1.165) is 11.1 Å². The van der Waals surface area contributed by atoms with Crippen LogP contribution in [0.5, 0.6) is 0 Å². The number of ether oxygens (including phenoxy) is 1. The molecule has 0 spiro atoms. The minimum absolute atomic E-state index is 0.00994. The molecule has 2 aromatic carbocycles. The first-order valence-electron chi connectivity index (χ1n) is 11.4. The van der Waals surface area contributed by atoms with Crippen molar-refractivity contribution < 1.29 is 24.2 Å². The minimum Gasteiger partial charge on any atom is -0.480 e. The number of carboxylic acids is 1. The van der Waals surface area contributed by atoms with E-state index in [1.165, 1.54) is 16.0 Å². The highest BCUT2D eigenvalue weighted by Crippen LogP contribution is 2.44. The van der Waals surface area contributed by atoms with Crippen LogP contribution < -0.4 is 5.32 Å². The number of rotatable bonds is 10. The van der Waals surface area contributed by atoms with Gasteiger partial charge in [0, 0.05) is 24.9 Å². The zero-order chi connectivity index (χ0) is 24.0. The third-order valence-corrected chi connectivity index (χ3v) is 5.84. The molecule has 0 bridgehead atoms. The van der Waals surface area contributed by atoms with Gasteiger partial charge in [-0.15, -0.1) is 0 Å². The highest BCUT2D eigenvalue weighted by Gasteiger charge is 2.29. The maximum Gasteiger partial charge on any atom is 0.407 e. The second-order valence-electron chi connectivity index (χ2n) is 8.95. The lowest BCUT2D eigenvalue weighted by atomic mass is 9.98. The molecule has 0 saturated carbocycles. The number of carbonyl (C=O) groups is 3. The summed E-state index contributed by atoms with van der Waals surface area (Å²) in [5.41, 5.74) is 4.63. The molecule has 0 aromatic heterocycles. The Morgan fingerprint density at radius 1 is 1.00 bits per heavy atom. The van der Waals surface area contributed by atoms with Gasteiger partial charge in [0.05, 0.1) is 0 Å². The Hall–Kier alpha value is -3.35. The van der Waals surface area contributed by atoms with Crippen molar-refractivity contribution in [2.45, 2.75) is 33.1 Å². The molecular weight excluding hydrogens is 420 g/mol. The van der Waals surface area contributed by atoms with E-state index in [1.807, 2.05) is 38.1 Å². The molecule has 0 saturated heterocycles. The lowest BCUT2D eigenvalue weighted by Gasteiger charge is -2.26. The van der Waals surface area contributed by atoms with Crippen LogP contribution in [0.25, 0.3) is 11.1 Å². The van der Waals surface area contributed by atoms with Gasteiger partial charge < -0.3 is 20.1 Å². The van der Waals surface area contributed by atoms with Crippen molar-refractivity contribution in [1.82, 2.24) is 10.2 Å². The summed E-state index contributed by atoms with van der Waals surface area (Å²) in [6, 6.07) is 16.3. The van der Waals surface area contributed by atoms with Crippen LogP contribution in [0.2, 0.25) is 0 Å². The van der Waals surface area contributed by atoms with Crippen molar-refractivity contribution >= 4 is 18.0 Å². The first-order chi connectivity index (χ1) is 15.8. The summed E-state index contributed by atoms with van der Waals surface area (Å²) >= 11 is 0. The van der Waals surface area contributed by atoms with E-state index < -0.39 is 18.0 Å². The molecule has 2 amide bonds. The molecule has 1 aliphatic carbocycles. The third-order valence-electron chi connectivity index (χ3n) is 5.84. The number of amides is 2. The first kappa shape index (κ1) is 24.3. The summed E-state index contributed by atoms with van der Waals surface area (Å²) < 4.78 is 5.51. The summed E-state index contributed by atoms with van der Waals surface area (Å²) in [4.78, 5) is 37.4. The lowest BCUT2D eigenvalue weighted by Crippen LogP contribution is -2.42. The SMILES string of the molecule is CC(C)CN(CC(=O)O)C(=O)C(C)CCNC(=O)OCC1c2ccccc2-c2ccccc21. The van der Waals surface area contributed by atoms with Crippen LogP contribution in [0, 0.1) is 11.8 Å². The van der Waals surface area contributed by atoms with Crippen LogP contribution in [-0.2, 0) is 14.3 Å². The lowest BCUT2D eigenvalue weighted by molar-refractivity contribution is -0.146. The third kappa shape index (κ3) is 6.12. The molecule has 0 heterocycles. The smallest absolute Gasteiger partial charge is 0.407 e. The topological polar surface area (TPSA) is 95.9 Å². The van der Waals surface area contributed by atoms with E-state index in [9.17, 15) is 14.4 Å². The standard InChI is InChI=1S/C26H32N2O5/c1-17(2)14-28(15-24(29)30)25(31)18(3)12-13-27-26(32)33-16-23-21-10-6-4-8-19(21)20-9-5-7-11-22(20)23/h4-11,17-18,23H,12-16H2,1-3H3,(H,27,32)(H,29,30). The van der Waals surface area contributed by atoms with E-state index in [-0.39, 0.29) is 37.4 Å². The first-order valence-corrected chi connectivity index (χ1v) is 11.4. The Kier molecular flexibility index (Phi) is 8.09. The predicted molar refractivity (Wildman–Crippen MR) is 126 cm³/mol. The number of nitrogens with one attached hydrogen (secondary N) is 1. The zero-order valence-corrected chi connectivity index (χ0v) is 19.4. The fourth-order valence-electron chi connectivity index (χ4n) is 4.31. The van der Waals surface area contributed by atoms with E-state index in [1.54, 1.807) is 6.92 Å². The summed E-state index contributed by atoms with van der Waals surface area (Å²) in [6.07, 6.45) is -0.127. The van der Waals surface area contributed by atoms with Crippen molar-refractivity contribution in [3.63, 3.8) is 0 Å². The monoisotopic (exact) mass is 452 g/mol. The van der Waals surface area contributed by atoms with Crippen LogP contribution in [0.3, 0.4) is 0 Å². The number of benzene rings is 2. The van der Waals surface area contributed by atoms with Crippen LogP contribution in [0.1, 0.15) is 44.2 Å². The number of alkyl carbamates (subject to hydrolysis) is 1. The highest BCUT2D eigenvalue weighted by molar-refractivity contribution is 5.83. The normalized spacial score (nSPS) is 13.2. The summed E-state index contributed by atoms with van der Waals surface area (Å²) in [6.45, 7) is 6.19. The van der Waals surface area contributed by atoms with Crippen LogP contribution in [0.4, 0.5) is 4.79 Å². The Morgan fingerprint density at radius 3 is 2.12 bits per heavy atom. The van der Waals surface area contributed by atoms with Gasteiger partial charge in [-0.05, 0) is 34.6 Å². The summed E-state index contributed by atoms with van der Waals surface area (Å²) in [5.74, 6) is -1.51. The fourth-order valence-corrected chi connectivity index (χ4v) is 4.31. The van der Waals surface area contributed by atoms with Crippen LogP contribution in [0.15, 0.2) is 48.5 Å². The minimum atomic E-state index is -1.03. The number of fused-ring (bicyclic) bond motifs is 3. The summed E-state index contributed by atoms with van der Waals surface area (Å²) in [5, 5.41) is 11.8. The maximum atomic E-state index is 12.6. The fraction of sp³-hybridized carbons (Fsp3) is 0.423. The molecule has 1 unspecified atom stereocenters. The molecule has 0 fully saturated rings. The average Bonchev–Trinajstić information content (AvgIpc) is 3.10. The molecule has 1 aliphatic rings. The van der Waals surface area contributed by atoms with Gasteiger partial charge in [-0.2, -0.15) is 0 Å². The van der Waals surface area contributed by atoms with Gasteiger partial charge >= 0.3 is 12.1 Å². The molecular formula is C26H32N2O5. The second kappa shape index (κ2) is 11.0. The van der Waals surface area contributed by atoms with Crippen molar-refractivity contribution in [3.05, 3.63) is 59.7 Å². The average molecular weight is 453 g/mol. The van der Waals surface area contributed by atoms with E-state index >= 15 is 0 Å². The molecule has 0 radical (unpaired) electrons. The maximum absolute atomic E-state index is 12.6. The summed E-state index contributed by atoms with van der Waals surface area (Å²) in [7, 11) is 0. The van der Waals surface area contributed by atoms with Crippen LogP contribution in [-0.4, -0.2) is 54.2 Å². The Bertz CT molecular complexity index is 958. The van der Waals surface area contributed by atoms with Crippen molar-refractivity contribution in [1.29, 1.82) is 0 Å². The molecule has 176 valence electrons. The zero-order valence-electron chi connectivity index (χ0n) is 19.4. The molecule has 2 aromatic rings. The number of carboxylic acid groups (broad SMARTS) is 1.